The summed E-state index contributed by atoms with van der Waals surface area (Å²) in [6.07, 6.45) is 0.983. The molecule has 0 atom stereocenters. The molecular weight excluding hydrogens is 289 g/mol. The van der Waals surface area contributed by atoms with E-state index in [1.165, 1.54) is 0 Å². The van der Waals surface area contributed by atoms with E-state index < -0.39 is 32.2 Å². The van der Waals surface area contributed by atoms with E-state index >= 15 is 0 Å². The van der Waals surface area contributed by atoms with Crippen LogP contribution in [-0.2, 0) is 14.8 Å². The van der Waals surface area contributed by atoms with Gasteiger partial charge in [-0.15, -0.1) is 0 Å². The van der Waals surface area contributed by atoms with Crippen molar-refractivity contribution >= 4 is 16.0 Å². The average Bonchev–Trinajstić information content (AvgIpc) is 3.17. The number of aliphatic hydroxyl groups excluding tert-OH is 1. The Kier molecular flexibility index (Phi) is 3.81. The van der Waals surface area contributed by atoms with E-state index in [-0.39, 0.29) is 12.2 Å². The van der Waals surface area contributed by atoms with E-state index in [9.17, 15) is 17.6 Å². The van der Waals surface area contributed by atoms with Gasteiger partial charge in [0, 0.05) is 0 Å². The largest absolute Gasteiger partial charge is 0.465 e. The molecule has 20 heavy (non-hydrogen) atoms. The summed E-state index contributed by atoms with van der Waals surface area (Å²) < 4.78 is 44.6. The third-order valence-corrected chi connectivity index (χ3v) is 4.76. The number of carbonyl (C=O) groups excluding carboxylic acids is 1. The molecule has 0 bridgehead atoms. The van der Waals surface area contributed by atoms with Gasteiger partial charge in [0.15, 0.2) is 0 Å². The number of rotatable bonds is 5. The number of nitrogens with one attached hydrogen (secondary N) is 1. The standard InChI is InChI=1S/C12H14FNO5S/c1-19-11(16)9-3-2-8(13)6-10(9)20(17,18)14-12(7-15)4-5-12/h2-3,6,14-15H,4-5,7H2,1H3. The summed E-state index contributed by atoms with van der Waals surface area (Å²) in [6, 6.07) is 2.78. The number of carbonyl (C=O) groups is 1. The van der Waals surface area contributed by atoms with Gasteiger partial charge in [0.25, 0.3) is 0 Å². The number of hydrogen-bond acceptors (Lipinski definition) is 5. The first-order valence-electron chi connectivity index (χ1n) is 5.86. The van der Waals surface area contributed by atoms with E-state index in [0.29, 0.717) is 12.8 Å². The van der Waals surface area contributed by atoms with Gasteiger partial charge in [-0.25, -0.2) is 22.3 Å². The molecule has 0 spiro atoms. The quantitative estimate of drug-likeness (QED) is 0.769. The maximum Gasteiger partial charge on any atom is 0.339 e. The molecule has 1 aliphatic carbocycles. The average molecular weight is 303 g/mol. The topological polar surface area (TPSA) is 92.7 Å². The number of halogens is 1. The smallest absolute Gasteiger partial charge is 0.339 e. The van der Waals surface area contributed by atoms with E-state index in [2.05, 4.69) is 9.46 Å². The number of esters is 1. The highest BCUT2D eigenvalue weighted by Crippen LogP contribution is 2.36. The van der Waals surface area contributed by atoms with Gasteiger partial charge in [-0.2, -0.15) is 0 Å². The zero-order valence-electron chi connectivity index (χ0n) is 10.7. The number of benzene rings is 1. The first kappa shape index (κ1) is 14.9. The zero-order chi connectivity index (χ0) is 15.0. The molecule has 1 aromatic rings. The second-order valence-corrected chi connectivity index (χ2v) is 6.33. The second kappa shape index (κ2) is 5.12. The van der Waals surface area contributed by atoms with Crippen molar-refractivity contribution in [2.45, 2.75) is 23.3 Å². The summed E-state index contributed by atoms with van der Waals surface area (Å²) >= 11 is 0. The molecule has 0 aliphatic heterocycles. The Labute approximate surface area is 115 Å². The van der Waals surface area contributed by atoms with Crippen LogP contribution in [0.4, 0.5) is 4.39 Å². The van der Waals surface area contributed by atoms with E-state index in [0.717, 1.165) is 25.3 Å². The van der Waals surface area contributed by atoms with Gasteiger partial charge in [0.1, 0.15) is 5.82 Å². The van der Waals surface area contributed by atoms with Crippen molar-refractivity contribution in [2.75, 3.05) is 13.7 Å². The minimum atomic E-state index is -4.13. The normalized spacial score (nSPS) is 16.8. The predicted octanol–water partition coefficient (Wildman–Crippen LogP) is 0.415. The molecule has 110 valence electrons. The molecule has 0 unspecified atom stereocenters. The van der Waals surface area contributed by atoms with Crippen LogP contribution in [0.3, 0.4) is 0 Å². The summed E-state index contributed by atoms with van der Waals surface area (Å²) in [7, 11) is -3.02. The first-order chi connectivity index (χ1) is 9.33. The van der Waals surface area contributed by atoms with Gasteiger partial charge in [-0.3, -0.25) is 0 Å². The Bertz CT molecular complexity index is 639. The molecule has 1 fully saturated rings. The molecule has 0 aromatic heterocycles. The van der Waals surface area contributed by atoms with Crippen molar-refractivity contribution < 1.29 is 27.4 Å². The second-order valence-electron chi connectivity index (χ2n) is 4.68. The lowest BCUT2D eigenvalue weighted by atomic mass is 10.2. The van der Waals surface area contributed by atoms with Gasteiger partial charge < -0.3 is 9.84 Å². The van der Waals surface area contributed by atoms with Crippen LogP contribution in [0.25, 0.3) is 0 Å². The molecule has 0 radical (unpaired) electrons. The lowest BCUT2D eigenvalue weighted by Gasteiger charge is -2.16. The predicted molar refractivity (Wildman–Crippen MR) is 67.1 cm³/mol. The number of aliphatic hydroxyl groups is 1. The van der Waals surface area contributed by atoms with Crippen molar-refractivity contribution in [3.8, 4) is 0 Å². The highest BCUT2D eigenvalue weighted by atomic mass is 32.2. The lowest BCUT2D eigenvalue weighted by Crippen LogP contribution is -2.40. The van der Waals surface area contributed by atoms with Crippen LogP contribution in [0.15, 0.2) is 23.1 Å². The fraction of sp³-hybridized carbons (Fsp3) is 0.417. The first-order valence-corrected chi connectivity index (χ1v) is 7.35. The molecule has 6 nitrogen and oxygen atoms in total. The van der Waals surface area contributed by atoms with Gasteiger partial charge in [0.2, 0.25) is 10.0 Å². The molecular formula is C12H14FNO5S. The number of methoxy groups -OCH3 is 1. The Morgan fingerprint density at radius 1 is 1.50 bits per heavy atom. The van der Waals surface area contributed by atoms with Gasteiger partial charge in [-0.1, -0.05) is 0 Å². The molecule has 1 saturated carbocycles. The fourth-order valence-corrected chi connectivity index (χ4v) is 3.44. The van der Waals surface area contributed by atoms with Crippen molar-refractivity contribution in [2.24, 2.45) is 0 Å². The molecule has 0 saturated heterocycles. The number of ether oxygens (including phenoxy) is 1. The monoisotopic (exact) mass is 303 g/mol. The van der Waals surface area contributed by atoms with Crippen LogP contribution in [0.1, 0.15) is 23.2 Å². The molecule has 8 heteroatoms. The Hall–Kier alpha value is -1.51. The van der Waals surface area contributed by atoms with E-state index in [4.69, 9.17) is 5.11 Å². The molecule has 2 rings (SSSR count). The minimum absolute atomic E-state index is 0.255. The number of hydrogen-bond donors (Lipinski definition) is 2. The van der Waals surface area contributed by atoms with E-state index in [1.807, 2.05) is 0 Å². The summed E-state index contributed by atoms with van der Waals surface area (Å²) in [5.74, 6) is -1.66. The van der Waals surface area contributed by atoms with Crippen molar-refractivity contribution in [3.63, 3.8) is 0 Å². The third kappa shape index (κ3) is 2.82. The van der Waals surface area contributed by atoms with Crippen LogP contribution < -0.4 is 4.72 Å². The summed E-state index contributed by atoms with van der Waals surface area (Å²) in [4.78, 5) is 11.1. The summed E-state index contributed by atoms with van der Waals surface area (Å²) in [5.41, 5.74) is -1.16. The van der Waals surface area contributed by atoms with Gasteiger partial charge >= 0.3 is 5.97 Å². The van der Waals surface area contributed by atoms with Crippen LogP contribution in [0.2, 0.25) is 0 Å². The molecule has 1 aromatic carbocycles. The molecule has 0 amide bonds. The maximum absolute atomic E-state index is 13.3. The number of sulfonamides is 1. The van der Waals surface area contributed by atoms with Crippen molar-refractivity contribution in [1.29, 1.82) is 0 Å². The van der Waals surface area contributed by atoms with Crippen LogP contribution in [-0.4, -0.2) is 38.7 Å². The molecule has 0 heterocycles. The van der Waals surface area contributed by atoms with Crippen LogP contribution in [0, 0.1) is 5.82 Å². The highest BCUT2D eigenvalue weighted by Gasteiger charge is 2.46. The minimum Gasteiger partial charge on any atom is -0.465 e. The zero-order valence-corrected chi connectivity index (χ0v) is 11.5. The molecule has 2 N–H and O–H groups in total. The lowest BCUT2D eigenvalue weighted by molar-refractivity contribution is 0.0596. The SMILES string of the molecule is COC(=O)c1ccc(F)cc1S(=O)(=O)NC1(CO)CC1. The van der Waals surface area contributed by atoms with Gasteiger partial charge in [0.05, 0.1) is 29.7 Å². The Balaban J connectivity index is 2.45. The fourth-order valence-electron chi connectivity index (χ4n) is 1.78. The highest BCUT2D eigenvalue weighted by molar-refractivity contribution is 7.89. The summed E-state index contributed by atoms with van der Waals surface area (Å²) in [5, 5.41) is 9.15. The Morgan fingerprint density at radius 2 is 2.15 bits per heavy atom. The molecule has 1 aliphatic rings. The van der Waals surface area contributed by atoms with Crippen LogP contribution in [0.5, 0.6) is 0 Å². The van der Waals surface area contributed by atoms with Crippen molar-refractivity contribution in [3.05, 3.63) is 29.6 Å². The van der Waals surface area contributed by atoms with Crippen molar-refractivity contribution in [1.82, 2.24) is 4.72 Å². The van der Waals surface area contributed by atoms with Gasteiger partial charge in [-0.05, 0) is 31.0 Å². The third-order valence-electron chi connectivity index (χ3n) is 3.15. The maximum atomic E-state index is 13.3. The van der Waals surface area contributed by atoms with Crippen LogP contribution >= 0.6 is 0 Å². The summed E-state index contributed by atoms with van der Waals surface area (Å²) in [6.45, 7) is -0.352. The Morgan fingerprint density at radius 3 is 2.65 bits per heavy atom. The van der Waals surface area contributed by atoms with E-state index in [1.54, 1.807) is 0 Å².